The first-order valence-electron chi connectivity index (χ1n) is 7.46. The Balaban J connectivity index is 1.99. The van der Waals surface area contributed by atoms with Crippen molar-refractivity contribution in [2.45, 2.75) is 58.8 Å². The number of ether oxygens (including phenoxy) is 2. The van der Waals surface area contributed by atoms with Crippen LogP contribution in [0, 0.1) is 13.8 Å². The molecule has 1 aromatic carbocycles. The third-order valence-corrected chi connectivity index (χ3v) is 3.87. The first-order valence-corrected chi connectivity index (χ1v) is 7.46. The van der Waals surface area contributed by atoms with E-state index in [0.717, 1.165) is 25.1 Å². The van der Waals surface area contributed by atoms with Gasteiger partial charge in [-0.2, -0.15) is 0 Å². The van der Waals surface area contributed by atoms with Gasteiger partial charge in [-0.3, -0.25) is 0 Å². The van der Waals surface area contributed by atoms with Crippen LogP contribution in [0.3, 0.4) is 0 Å². The number of hydrogen-bond donors (Lipinski definition) is 1. The Kier molecular flexibility index (Phi) is 4.71. The number of nitrogens with one attached hydrogen (secondary N) is 1. The maximum atomic E-state index is 6.03. The van der Waals surface area contributed by atoms with Crippen LogP contribution in [0.1, 0.15) is 43.4 Å². The van der Waals surface area contributed by atoms with Crippen LogP contribution in [0.5, 0.6) is 5.75 Å². The van der Waals surface area contributed by atoms with Crippen LogP contribution in [0.25, 0.3) is 0 Å². The van der Waals surface area contributed by atoms with Gasteiger partial charge < -0.3 is 14.8 Å². The molecule has 0 amide bonds. The maximum Gasteiger partial charge on any atom is 0.125 e. The van der Waals surface area contributed by atoms with Crippen molar-refractivity contribution < 1.29 is 9.47 Å². The van der Waals surface area contributed by atoms with Crippen molar-refractivity contribution in [3.63, 3.8) is 0 Å². The Morgan fingerprint density at radius 3 is 2.45 bits per heavy atom. The highest BCUT2D eigenvalue weighted by Crippen LogP contribution is 2.31. The van der Waals surface area contributed by atoms with E-state index in [9.17, 15) is 0 Å². The SMILES string of the molecule is CNCc1cc(C)c(OCC2CCC(C)(C)O2)c(C)c1. The van der Waals surface area contributed by atoms with Gasteiger partial charge in [-0.15, -0.1) is 0 Å². The standard InChI is InChI=1S/C17H27NO2/c1-12-8-14(10-18-5)9-13(2)16(12)19-11-15-6-7-17(3,4)20-15/h8-9,15,18H,6-7,10-11H2,1-5H3. The average Bonchev–Trinajstić information content (AvgIpc) is 2.68. The highest BCUT2D eigenvalue weighted by atomic mass is 16.6. The van der Waals surface area contributed by atoms with E-state index in [-0.39, 0.29) is 11.7 Å². The van der Waals surface area contributed by atoms with Gasteiger partial charge in [0, 0.05) is 6.54 Å². The van der Waals surface area contributed by atoms with E-state index in [4.69, 9.17) is 9.47 Å². The van der Waals surface area contributed by atoms with Gasteiger partial charge in [0.05, 0.1) is 11.7 Å². The highest BCUT2D eigenvalue weighted by Gasteiger charge is 2.32. The Morgan fingerprint density at radius 1 is 1.30 bits per heavy atom. The zero-order chi connectivity index (χ0) is 14.8. The molecule has 1 heterocycles. The quantitative estimate of drug-likeness (QED) is 0.895. The van der Waals surface area contributed by atoms with Crippen molar-refractivity contribution in [3.05, 3.63) is 28.8 Å². The lowest BCUT2D eigenvalue weighted by atomic mass is 10.1. The summed E-state index contributed by atoms with van der Waals surface area (Å²) in [6.45, 7) is 10.1. The lowest BCUT2D eigenvalue weighted by Gasteiger charge is -2.20. The fourth-order valence-corrected chi connectivity index (χ4v) is 2.95. The van der Waals surface area contributed by atoms with E-state index in [1.165, 1.54) is 16.7 Å². The van der Waals surface area contributed by atoms with Gasteiger partial charge in [0.1, 0.15) is 12.4 Å². The monoisotopic (exact) mass is 277 g/mol. The van der Waals surface area contributed by atoms with Crippen molar-refractivity contribution in [2.24, 2.45) is 0 Å². The maximum absolute atomic E-state index is 6.03. The van der Waals surface area contributed by atoms with Crippen molar-refractivity contribution in [3.8, 4) is 5.75 Å². The smallest absolute Gasteiger partial charge is 0.125 e. The Hall–Kier alpha value is -1.06. The summed E-state index contributed by atoms with van der Waals surface area (Å²) in [5, 5.41) is 3.18. The third kappa shape index (κ3) is 3.74. The van der Waals surface area contributed by atoms with Crippen LogP contribution >= 0.6 is 0 Å². The minimum absolute atomic E-state index is 0.00870. The Labute approximate surface area is 122 Å². The Bertz CT molecular complexity index is 445. The molecule has 1 fully saturated rings. The summed E-state index contributed by atoms with van der Waals surface area (Å²) in [6.07, 6.45) is 2.42. The molecule has 1 N–H and O–H groups in total. The molecule has 1 atom stereocenters. The second-order valence-electron chi connectivity index (χ2n) is 6.44. The summed E-state index contributed by atoms with van der Waals surface area (Å²) in [7, 11) is 1.97. The zero-order valence-corrected chi connectivity index (χ0v) is 13.4. The summed E-state index contributed by atoms with van der Waals surface area (Å²) in [4.78, 5) is 0. The van der Waals surface area contributed by atoms with Gasteiger partial charge in [0.2, 0.25) is 0 Å². The molecular weight excluding hydrogens is 250 g/mol. The molecule has 0 bridgehead atoms. The second kappa shape index (κ2) is 6.15. The minimum Gasteiger partial charge on any atom is -0.490 e. The predicted molar refractivity (Wildman–Crippen MR) is 82.4 cm³/mol. The summed E-state index contributed by atoms with van der Waals surface area (Å²) >= 11 is 0. The molecule has 0 saturated carbocycles. The molecule has 0 aromatic heterocycles. The fourth-order valence-electron chi connectivity index (χ4n) is 2.95. The number of hydrogen-bond acceptors (Lipinski definition) is 3. The van der Waals surface area contributed by atoms with Crippen molar-refractivity contribution in [1.82, 2.24) is 5.32 Å². The van der Waals surface area contributed by atoms with Crippen LogP contribution in [0.2, 0.25) is 0 Å². The summed E-state index contributed by atoms with van der Waals surface area (Å²) in [5.74, 6) is 1.01. The number of aryl methyl sites for hydroxylation is 2. The van der Waals surface area contributed by atoms with Crippen LogP contribution in [0.4, 0.5) is 0 Å². The molecule has 1 unspecified atom stereocenters. The number of rotatable bonds is 5. The van der Waals surface area contributed by atoms with Crippen LogP contribution < -0.4 is 10.1 Å². The Morgan fingerprint density at radius 2 is 1.95 bits per heavy atom. The third-order valence-electron chi connectivity index (χ3n) is 3.87. The molecule has 1 aromatic rings. The summed E-state index contributed by atoms with van der Waals surface area (Å²) < 4.78 is 12.0. The van der Waals surface area contributed by atoms with Gasteiger partial charge in [0.25, 0.3) is 0 Å². The molecule has 1 aliphatic rings. The fraction of sp³-hybridized carbons (Fsp3) is 0.647. The van der Waals surface area contributed by atoms with Gasteiger partial charge in [-0.25, -0.2) is 0 Å². The van der Waals surface area contributed by atoms with Crippen molar-refractivity contribution in [2.75, 3.05) is 13.7 Å². The first-order chi connectivity index (χ1) is 9.41. The van der Waals surface area contributed by atoms with Crippen molar-refractivity contribution >= 4 is 0 Å². The predicted octanol–water partition coefficient (Wildman–Crippen LogP) is 3.36. The van der Waals surface area contributed by atoms with Gasteiger partial charge in [-0.1, -0.05) is 12.1 Å². The van der Waals surface area contributed by atoms with Crippen molar-refractivity contribution in [1.29, 1.82) is 0 Å². The largest absolute Gasteiger partial charge is 0.490 e. The minimum atomic E-state index is 0.00870. The molecule has 112 valence electrons. The molecule has 1 aliphatic heterocycles. The van der Waals surface area contributed by atoms with E-state index in [1.54, 1.807) is 0 Å². The first kappa shape index (κ1) is 15.3. The summed E-state index contributed by atoms with van der Waals surface area (Å²) in [6, 6.07) is 4.39. The molecule has 0 radical (unpaired) electrons. The molecule has 3 nitrogen and oxygen atoms in total. The van der Waals surface area contributed by atoms with E-state index in [2.05, 4.69) is 45.1 Å². The van der Waals surface area contributed by atoms with Crippen LogP contribution in [-0.4, -0.2) is 25.4 Å². The van der Waals surface area contributed by atoms with E-state index in [1.807, 2.05) is 7.05 Å². The molecule has 0 spiro atoms. The molecule has 2 rings (SSSR count). The molecule has 20 heavy (non-hydrogen) atoms. The van der Waals surface area contributed by atoms with E-state index >= 15 is 0 Å². The molecule has 0 aliphatic carbocycles. The zero-order valence-electron chi connectivity index (χ0n) is 13.4. The summed E-state index contributed by atoms with van der Waals surface area (Å²) in [5.41, 5.74) is 3.71. The second-order valence-corrected chi connectivity index (χ2v) is 6.44. The lowest BCUT2D eigenvalue weighted by Crippen LogP contribution is -2.24. The van der Waals surface area contributed by atoms with Gasteiger partial charge >= 0.3 is 0 Å². The van der Waals surface area contributed by atoms with Gasteiger partial charge in [-0.05, 0) is 64.3 Å². The van der Waals surface area contributed by atoms with E-state index < -0.39 is 0 Å². The molecule has 1 saturated heterocycles. The van der Waals surface area contributed by atoms with Crippen LogP contribution in [-0.2, 0) is 11.3 Å². The molecule has 3 heteroatoms. The average molecular weight is 277 g/mol. The van der Waals surface area contributed by atoms with Gasteiger partial charge in [0.15, 0.2) is 0 Å². The number of benzene rings is 1. The molecular formula is C17H27NO2. The highest BCUT2D eigenvalue weighted by molar-refractivity contribution is 5.43. The topological polar surface area (TPSA) is 30.5 Å². The normalized spacial score (nSPS) is 21.1. The van der Waals surface area contributed by atoms with Crippen LogP contribution in [0.15, 0.2) is 12.1 Å². The lowest BCUT2D eigenvalue weighted by molar-refractivity contribution is -0.0328. The van der Waals surface area contributed by atoms with E-state index in [0.29, 0.717) is 6.61 Å².